The van der Waals surface area contributed by atoms with Crippen molar-refractivity contribution in [2.75, 3.05) is 5.75 Å². The molecule has 0 fully saturated rings. The van der Waals surface area contributed by atoms with Crippen molar-refractivity contribution in [2.45, 2.75) is 37.0 Å². The average molecular weight is 462 g/mol. The van der Waals surface area contributed by atoms with E-state index in [9.17, 15) is 9.59 Å². The Kier molecular flexibility index (Phi) is 6.10. The molecule has 1 atom stereocenters. The SMILES string of the molecule is O=C(CSc1nc2ccccc2c(=O)n1CCc1cccs1)N[C@H]1CCc2ccccc21. The molecular weight excluding hydrogens is 438 g/mol. The lowest BCUT2D eigenvalue weighted by atomic mass is 10.1. The summed E-state index contributed by atoms with van der Waals surface area (Å²) in [5.74, 6) is 0.187. The molecule has 0 radical (unpaired) electrons. The topological polar surface area (TPSA) is 64.0 Å². The maximum Gasteiger partial charge on any atom is 0.262 e. The molecule has 5 nitrogen and oxygen atoms in total. The predicted molar refractivity (Wildman–Crippen MR) is 130 cm³/mol. The van der Waals surface area contributed by atoms with Crippen molar-refractivity contribution in [3.63, 3.8) is 0 Å². The molecule has 2 heterocycles. The van der Waals surface area contributed by atoms with Crippen LogP contribution in [-0.4, -0.2) is 21.2 Å². The summed E-state index contributed by atoms with van der Waals surface area (Å²) < 4.78 is 1.71. The number of carbonyl (C=O) groups is 1. The number of nitrogens with one attached hydrogen (secondary N) is 1. The Morgan fingerprint density at radius 3 is 2.84 bits per heavy atom. The van der Waals surface area contributed by atoms with Gasteiger partial charge >= 0.3 is 0 Å². The van der Waals surface area contributed by atoms with Crippen LogP contribution in [-0.2, 0) is 24.2 Å². The van der Waals surface area contributed by atoms with Crippen molar-refractivity contribution in [2.24, 2.45) is 0 Å². The number of para-hydroxylation sites is 1. The van der Waals surface area contributed by atoms with E-state index in [1.165, 1.54) is 27.8 Å². The fourth-order valence-corrected chi connectivity index (χ4v) is 5.74. The predicted octanol–water partition coefficient (Wildman–Crippen LogP) is 4.60. The molecule has 0 bridgehead atoms. The highest BCUT2D eigenvalue weighted by molar-refractivity contribution is 7.99. The minimum Gasteiger partial charge on any atom is -0.349 e. The molecule has 0 saturated carbocycles. The molecule has 7 heteroatoms. The van der Waals surface area contributed by atoms with Gasteiger partial charge in [0, 0.05) is 11.4 Å². The third-order valence-corrected chi connectivity index (χ3v) is 7.70. The number of thioether (sulfide) groups is 1. The molecule has 0 aliphatic heterocycles. The van der Waals surface area contributed by atoms with Gasteiger partial charge < -0.3 is 5.32 Å². The van der Waals surface area contributed by atoms with Gasteiger partial charge in [-0.3, -0.25) is 14.2 Å². The molecular formula is C25H23N3O2S2. The van der Waals surface area contributed by atoms with Crippen molar-refractivity contribution in [1.82, 2.24) is 14.9 Å². The van der Waals surface area contributed by atoms with Gasteiger partial charge in [0.1, 0.15) is 0 Å². The Morgan fingerprint density at radius 1 is 1.12 bits per heavy atom. The standard InChI is InChI=1S/C25H23N3O2S2/c29-23(26-22-12-11-17-6-1-2-8-19(17)22)16-32-25-27-21-10-4-3-9-20(21)24(30)28(25)14-13-18-7-5-15-31-18/h1-10,15,22H,11-14,16H2,(H,26,29)/t22-/m0/s1. The summed E-state index contributed by atoms with van der Waals surface area (Å²) in [5.41, 5.74) is 3.13. The van der Waals surface area contributed by atoms with Crippen molar-refractivity contribution in [3.8, 4) is 0 Å². The minimum atomic E-state index is -0.0558. The summed E-state index contributed by atoms with van der Waals surface area (Å²) >= 11 is 3.01. The summed E-state index contributed by atoms with van der Waals surface area (Å²) in [6.45, 7) is 0.539. The Hall–Kier alpha value is -2.90. The molecule has 1 aliphatic rings. The summed E-state index contributed by atoms with van der Waals surface area (Å²) in [6.07, 6.45) is 2.68. The third-order valence-electron chi connectivity index (χ3n) is 5.79. The van der Waals surface area contributed by atoms with Gasteiger partial charge in [-0.15, -0.1) is 11.3 Å². The van der Waals surface area contributed by atoms with Crippen LogP contribution < -0.4 is 10.9 Å². The maximum atomic E-state index is 13.2. The summed E-state index contributed by atoms with van der Waals surface area (Å²) in [7, 11) is 0. The monoisotopic (exact) mass is 461 g/mol. The normalized spacial score (nSPS) is 15.1. The van der Waals surface area contributed by atoms with Gasteiger partial charge in [-0.1, -0.05) is 54.2 Å². The molecule has 1 amide bonds. The average Bonchev–Trinajstić information content (AvgIpc) is 3.48. The number of fused-ring (bicyclic) bond motifs is 2. The van der Waals surface area contributed by atoms with E-state index in [-0.39, 0.29) is 23.3 Å². The highest BCUT2D eigenvalue weighted by Crippen LogP contribution is 2.31. The second kappa shape index (κ2) is 9.30. The van der Waals surface area contributed by atoms with Crippen LogP contribution in [0.25, 0.3) is 10.9 Å². The molecule has 4 aromatic rings. The van der Waals surface area contributed by atoms with Crippen LogP contribution in [0, 0.1) is 0 Å². The number of thiophene rings is 1. The van der Waals surface area contributed by atoms with Crippen molar-refractivity contribution < 1.29 is 4.79 Å². The third kappa shape index (κ3) is 4.36. The van der Waals surface area contributed by atoms with Gasteiger partial charge in [0.25, 0.3) is 5.56 Å². The second-order valence-electron chi connectivity index (χ2n) is 7.84. The van der Waals surface area contributed by atoms with Gasteiger partial charge in [-0.05, 0) is 54.0 Å². The zero-order valence-electron chi connectivity index (χ0n) is 17.5. The number of amides is 1. The number of carbonyl (C=O) groups excluding carboxylic acids is 1. The number of hydrogen-bond donors (Lipinski definition) is 1. The lowest BCUT2D eigenvalue weighted by Gasteiger charge is -2.15. The molecule has 1 aliphatic carbocycles. The number of benzene rings is 2. The van der Waals surface area contributed by atoms with Gasteiger partial charge in [-0.2, -0.15) is 0 Å². The molecule has 32 heavy (non-hydrogen) atoms. The van der Waals surface area contributed by atoms with E-state index in [4.69, 9.17) is 4.98 Å². The fraction of sp³-hybridized carbons (Fsp3) is 0.240. The van der Waals surface area contributed by atoms with Crippen LogP contribution in [0.3, 0.4) is 0 Å². The van der Waals surface area contributed by atoms with Gasteiger partial charge in [-0.25, -0.2) is 4.98 Å². The van der Waals surface area contributed by atoms with Crippen molar-refractivity contribution in [3.05, 3.63) is 92.4 Å². The molecule has 5 rings (SSSR count). The number of aromatic nitrogens is 2. The summed E-state index contributed by atoms with van der Waals surface area (Å²) in [5, 5.41) is 6.39. The highest BCUT2D eigenvalue weighted by atomic mass is 32.2. The number of aryl methyl sites for hydroxylation is 2. The smallest absolute Gasteiger partial charge is 0.262 e. The molecule has 2 aromatic carbocycles. The molecule has 0 spiro atoms. The van der Waals surface area contributed by atoms with E-state index in [1.54, 1.807) is 15.9 Å². The number of hydrogen-bond acceptors (Lipinski definition) is 5. The Balaban J connectivity index is 1.34. The first-order chi connectivity index (χ1) is 15.7. The maximum absolute atomic E-state index is 13.2. The Bertz CT molecular complexity index is 1310. The number of nitrogens with zero attached hydrogens (tertiary/aromatic N) is 2. The van der Waals surface area contributed by atoms with E-state index in [0.717, 1.165) is 19.3 Å². The molecule has 1 N–H and O–H groups in total. The van der Waals surface area contributed by atoms with Crippen molar-refractivity contribution in [1.29, 1.82) is 0 Å². The van der Waals surface area contributed by atoms with Crippen LogP contribution in [0.15, 0.2) is 76.0 Å². The van der Waals surface area contributed by atoms with E-state index in [2.05, 4.69) is 23.5 Å². The first kappa shape index (κ1) is 21.0. The Morgan fingerprint density at radius 2 is 1.97 bits per heavy atom. The summed E-state index contributed by atoms with van der Waals surface area (Å²) in [6, 6.07) is 19.8. The molecule has 0 saturated heterocycles. The van der Waals surface area contributed by atoms with E-state index >= 15 is 0 Å². The van der Waals surface area contributed by atoms with E-state index < -0.39 is 0 Å². The van der Waals surface area contributed by atoms with Crippen LogP contribution in [0.5, 0.6) is 0 Å². The largest absolute Gasteiger partial charge is 0.349 e. The number of rotatable bonds is 7. The van der Waals surface area contributed by atoms with Crippen LogP contribution in [0.1, 0.15) is 28.5 Å². The Labute approximate surface area is 194 Å². The van der Waals surface area contributed by atoms with Crippen LogP contribution >= 0.6 is 23.1 Å². The van der Waals surface area contributed by atoms with E-state index in [0.29, 0.717) is 22.6 Å². The molecule has 162 valence electrons. The highest BCUT2D eigenvalue weighted by Gasteiger charge is 2.23. The molecule has 0 unspecified atom stereocenters. The van der Waals surface area contributed by atoms with Gasteiger partial charge in [0.05, 0.1) is 22.7 Å². The summed E-state index contributed by atoms with van der Waals surface area (Å²) in [4.78, 5) is 31.9. The first-order valence-corrected chi connectivity index (χ1v) is 12.6. The zero-order chi connectivity index (χ0) is 21.9. The zero-order valence-corrected chi connectivity index (χ0v) is 19.1. The first-order valence-electron chi connectivity index (χ1n) is 10.7. The lowest BCUT2D eigenvalue weighted by Crippen LogP contribution is -2.29. The quantitative estimate of drug-likeness (QED) is 0.323. The fourth-order valence-electron chi connectivity index (χ4n) is 4.21. The minimum absolute atomic E-state index is 0.0380. The second-order valence-corrected chi connectivity index (χ2v) is 9.82. The van der Waals surface area contributed by atoms with Gasteiger partial charge in [0.2, 0.25) is 5.91 Å². The molecule has 2 aromatic heterocycles. The van der Waals surface area contributed by atoms with Crippen LogP contribution in [0.4, 0.5) is 0 Å². The van der Waals surface area contributed by atoms with Gasteiger partial charge in [0.15, 0.2) is 5.16 Å². The van der Waals surface area contributed by atoms with Crippen molar-refractivity contribution >= 4 is 39.9 Å². The van der Waals surface area contributed by atoms with E-state index in [1.807, 2.05) is 47.8 Å². The lowest BCUT2D eigenvalue weighted by molar-refractivity contribution is -0.119. The van der Waals surface area contributed by atoms with Crippen LogP contribution in [0.2, 0.25) is 0 Å².